The Morgan fingerprint density at radius 1 is 1.40 bits per heavy atom. The summed E-state index contributed by atoms with van der Waals surface area (Å²) in [5.41, 5.74) is 0.556. The second-order valence-electron chi connectivity index (χ2n) is 2.86. The molecule has 1 aromatic rings. The molecule has 0 fully saturated rings. The molecule has 0 atom stereocenters. The summed E-state index contributed by atoms with van der Waals surface area (Å²) < 4.78 is 1.17. The lowest BCUT2D eigenvalue weighted by Crippen LogP contribution is -1.85. The molecule has 2 N–H and O–H groups in total. The van der Waals surface area contributed by atoms with Crippen LogP contribution in [0.1, 0.15) is 12.5 Å². The molecule has 0 aromatic heterocycles. The van der Waals surface area contributed by atoms with E-state index in [4.69, 9.17) is 0 Å². The van der Waals surface area contributed by atoms with E-state index in [9.17, 15) is 10.2 Å². The van der Waals surface area contributed by atoms with Gasteiger partial charge in [-0.1, -0.05) is 6.08 Å². The fraction of sp³-hybridized carbons (Fsp3) is 0.0909. The summed E-state index contributed by atoms with van der Waals surface area (Å²) in [5, 5.41) is 19.2. The number of hydrogen-bond donors (Lipinski definition) is 2. The summed E-state index contributed by atoms with van der Waals surface area (Å²) in [6, 6.07) is 4.88. The fourth-order valence-corrected chi connectivity index (χ4v) is 1.76. The van der Waals surface area contributed by atoms with Crippen molar-refractivity contribution in [2.45, 2.75) is 6.92 Å². The van der Waals surface area contributed by atoms with Crippen LogP contribution in [0.15, 0.2) is 39.3 Å². The summed E-state index contributed by atoms with van der Waals surface area (Å²) in [6.45, 7) is 1.85. The third-order valence-corrected chi connectivity index (χ3v) is 3.07. The molecule has 0 spiro atoms. The maximum absolute atomic E-state index is 9.79. The first-order valence-electron chi connectivity index (χ1n) is 4.26. The average Bonchev–Trinajstić information content (AvgIpc) is 2.21. The number of aromatic hydroxyl groups is 1. The lowest BCUT2D eigenvalue weighted by atomic mass is 10.1. The van der Waals surface area contributed by atoms with E-state index in [1.165, 1.54) is 6.07 Å². The summed E-state index contributed by atoms with van der Waals surface area (Å²) in [6.07, 6.45) is 3.54. The van der Waals surface area contributed by atoms with Gasteiger partial charge in [-0.3, -0.25) is 0 Å². The van der Waals surface area contributed by atoms with Crippen LogP contribution in [0.4, 0.5) is 0 Å². The van der Waals surface area contributed by atoms with Gasteiger partial charge in [0.15, 0.2) is 0 Å². The minimum atomic E-state index is 0.0934. The molecular formula is C11H10Br2O2. The van der Waals surface area contributed by atoms with Crippen LogP contribution < -0.4 is 0 Å². The first kappa shape index (κ1) is 12.3. The molecule has 0 unspecified atom stereocenters. The molecular weight excluding hydrogens is 324 g/mol. The predicted octanol–water partition coefficient (Wildman–Crippen LogP) is 4.35. The van der Waals surface area contributed by atoms with E-state index in [1.807, 2.05) is 6.92 Å². The Balaban J connectivity index is 3.17. The zero-order valence-electron chi connectivity index (χ0n) is 8.04. The summed E-state index contributed by atoms with van der Waals surface area (Å²) in [7, 11) is 0. The second-order valence-corrected chi connectivity index (χ2v) is 4.57. The number of phenolic OH excluding ortho intramolecular Hbond substituents is 1. The van der Waals surface area contributed by atoms with Gasteiger partial charge in [0.05, 0.1) is 8.96 Å². The first-order chi connectivity index (χ1) is 7.06. The smallest absolute Gasteiger partial charge is 0.137 e. The van der Waals surface area contributed by atoms with Crippen molar-refractivity contribution in [1.82, 2.24) is 0 Å². The number of phenols is 1. The fourth-order valence-electron chi connectivity index (χ4n) is 1.02. The minimum Gasteiger partial charge on any atom is -0.507 e. The molecule has 0 heterocycles. The number of allylic oxidation sites excluding steroid dienone is 3. The highest BCUT2D eigenvalue weighted by atomic mass is 79.9. The van der Waals surface area contributed by atoms with Crippen LogP contribution >= 0.6 is 31.9 Å². The molecule has 1 rings (SSSR count). The van der Waals surface area contributed by atoms with E-state index >= 15 is 0 Å². The van der Waals surface area contributed by atoms with E-state index in [0.29, 0.717) is 14.5 Å². The number of halogens is 2. The van der Waals surface area contributed by atoms with E-state index in [-0.39, 0.29) is 11.5 Å². The summed E-state index contributed by atoms with van der Waals surface area (Å²) in [4.78, 5) is 0. The first-order valence-corrected chi connectivity index (χ1v) is 5.85. The van der Waals surface area contributed by atoms with Gasteiger partial charge in [0.1, 0.15) is 11.5 Å². The van der Waals surface area contributed by atoms with Gasteiger partial charge in [0.2, 0.25) is 0 Å². The van der Waals surface area contributed by atoms with E-state index in [1.54, 1.807) is 24.3 Å². The molecule has 2 nitrogen and oxygen atoms in total. The van der Waals surface area contributed by atoms with Gasteiger partial charge < -0.3 is 10.2 Å². The summed E-state index contributed by atoms with van der Waals surface area (Å²) in [5.74, 6) is 0.190. The molecule has 0 saturated heterocycles. The topological polar surface area (TPSA) is 40.5 Å². The third-order valence-electron chi connectivity index (χ3n) is 1.76. The van der Waals surface area contributed by atoms with Crippen molar-refractivity contribution in [3.05, 3.63) is 44.9 Å². The highest BCUT2D eigenvalue weighted by Crippen LogP contribution is 2.29. The number of aliphatic hydroxyl groups is 1. The number of benzene rings is 1. The second kappa shape index (κ2) is 5.37. The minimum absolute atomic E-state index is 0.0934. The Hall–Kier alpha value is -0.740. The highest BCUT2D eigenvalue weighted by molar-refractivity contribution is 9.12. The molecule has 0 saturated carbocycles. The van der Waals surface area contributed by atoms with Gasteiger partial charge in [-0.15, -0.1) is 0 Å². The average molecular weight is 334 g/mol. The maximum Gasteiger partial charge on any atom is 0.137 e. The van der Waals surface area contributed by atoms with Gasteiger partial charge >= 0.3 is 0 Å². The standard InChI is InChI=1S/C11H10Br2O2/c1-2-3-9(13)11(15)7-4-5-8(12)10(14)6-7/h2-6,14-15H,1H3/b3-2-,11-9-. The molecule has 80 valence electrons. The molecule has 1 aromatic carbocycles. The molecule has 0 aliphatic heterocycles. The zero-order valence-corrected chi connectivity index (χ0v) is 11.2. The molecule has 4 heteroatoms. The predicted molar refractivity (Wildman–Crippen MR) is 69.1 cm³/mol. The Bertz CT molecular complexity index is 423. The van der Waals surface area contributed by atoms with Gasteiger partial charge in [-0.25, -0.2) is 0 Å². The van der Waals surface area contributed by atoms with Crippen LogP contribution in [0.3, 0.4) is 0 Å². The zero-order chi connectivity index (χ0) is 11.4. The van der Waals surface area contributed by atoms with Crippen molar-refractivity contribution in [2.24, 2.45) is 0 Å². The van der Waals surface area contributed by atoms with E-state index < -0.39 is 0 Å². The van der Waals surface area contributed by atoms with E-state index in [2.05, 4.69) is 31.9 Å². The van der Waals surface area contributed by atoms with Crippen LogP contribution in [0, 0.1) is 0 Å². The Labute approximate surface area is 105 Å². The molecule has 0 aliphatic carbocycles. The molecule has 0 radical (unpaired) electrons. The van der Waals surface area contributed by atoms with Crippen LogP contribution in [-0.4, -0.2) is 10.2 Å². The van der Waals surface area contributed by atoms with Crippen molar-refractivity contribution in [3.63, 3.8) is 0 Å². The number of rotatable bonds is 2. The normalized spacial score (nSPS) is 13.0. The van der Waals surface area contributed by atoms with Gasteiger partial charge in [0.25, 0.3) is 0 Å². The van der Waals surface area contributed by atoms with Crippen molar-refractivity contribution < 1.29 is 10.2 Å². The number of aliphatic hydroxyl groups excluding tert-OH is 1. The highest BCUT2D eigenvalue weighted by Gasteiger charge is 2.06. The van der Waals surface area contributed by atoms with Crippen LogP contribution in [-0.2, 0) is 0 Å². The van der Waals surface area contributed by atoms with Crippen LogP contribution in [0.5, 0.6) is 5.75 Å². The Kier molecular flexibility index (Phi) is 4.42. The lowest BCUT2D eigenvalue weighted by Gasteiger charge is -2.03. The number of hydrogen-bond acceptors (Lipinski definition) is 2. The molecule has 0 amide bonds. The van der Waals surface area contributed by atoms with Crippen LogP contribution in [0.25, 0.3) is 5.76 Å². The van der Waals surface area contributed by atoms with Crippen molar-refractivity contribution in [3.8, 4) is 5.75 Å². The molecule has 0 aliphatic rings. The molecule has 15 heavy (non-hydrogen) atoms. The maximum atomic E-state index is 9.79. The Morgan fingerprint density at radius 2 is 2.07 bits per heavy atom. The van der Waals surface area contributed by atoms with Gasteiger partial charge in [0, 0.05) is 5.56 Å². The SMILES string of the molecule is C/C=C\C(Br)=C(\O)c1ccc(Br)c(O)c1. The lowest BCUT2D eigenvalue weighted by molar-refractivity contribution is 0.469. The Morgan fingerprint density at radius 3 is 2.60 bits per heavy atom. The van der Waals surface area contributed by atoms with Crippen molar-refractivity contribution >= 4 is 37.6 Å². The van der Waals surface area contributed by atoms with Gasteiger partial charge in [-0.2, -0.15) is 0 Å². The quantitative estimate of drug-likeness (QED) is 0.624. The van der Waals surface area contributed by atoms with E-state index in [0.717, 1.165) is 0 Å². The van der Waals surface area contributed by atoms with Crippen molar-refractivity contribution in [1.29, 1.82) is 0 Å². The summed E-state index contributed by atoms with van der Waals surface area (Å²) >= 11 is 6.41. The third kappa shape index (κ3) is 3.11. The molecule has 0 bridgehead atoms. The monoisotopic (exact) mass is 332 g/mol. The largest absolute Gasteiger partial charge is 0.507 e. The van der Waals surface area contributed by atoms with Gasteiger partial charge in [-0.05, 0) is 63.1 Å². The van der Waals surface area contributed by atoms with Crippen LogP contribution in [0.2, 0.25) is 0 Å². The van der Waals surface area contributed by atoms with Crippen molar-refractivity contribution in [2.75, 3.05) is 0 Å².